The highest BCUT2D eigenvalue weighted by Gasteiger charge is 2.27. The lowest BCUT2D eigenvalue weighted by Gasteiger charge is -2.35. The molecule has 0 radical (unpaired) electrons. The predicted octanol–water partition coefficient (Wildman–Crippen LogP) is 4.43. The molecule has 0 saturated carbocycles. The van der Waals surface area contributed by atoms with Crippen LogP contribution in [-0.2, 0) is 22.5 Å². The summed E-state index contributed by atoms with van der Waals surface area (Å²) in [5.41, 5.74) is 1.43. The van der Waals surface area contributed by atoms with E-state index in [4.69, 9.17) is 4.74 Å². The van der Waals surface area contributed by atoms with E-state index in [1.807, 2.05) is 17.0 Å². The molecular formula is C26H32F2N2O2. The van der Waals surface area contributed by atoms with Crippen LogP contribution in [0, 0.1) is 17.6 Å². The summed E-state index contributed by atoms with van der Waals surface area (Å²) in [7, 11) is 0. The largest absolute Gasteiger partial charge is 0.376 e. The Balaban J connectivity index is 1.33. The van der Waals surface area contributed by atoms with Crippen LogP contribution >= 0.6 is 0 Å². The van der Waals surface area contributed by atoms with Crippen LogP contribution in [0.1, 0.15) is 36.8 Å². The highest BCUT2D eigenvalue weighted by molar-refractivity contribution is 5.78. The summed E-state index contributed by atoms with van der Waals surface area (Å²) >= 11 is 0. The Morgan fingerprint density at radius 3 is 2.56 bits per heavy atom. The zero-order valence-corrected chi connectivity index (χ0v) is 18.5. The minimum absolute atomic E-state index is 0.0277. The number of carbonyl (C=O) groups is 1. The highest BCUT2D eigenvalue weighted by atomic mass is 19.1. The van der Waals surface area contributed by atoms with Gasteiger partial charge in [-0.05, 0) is 68.5 Å². The summed E-state index contributed by atoms with van der Waals surface area (Å²) in [4.78, 5) is 17.3. The number of nitrogens with zero attached hydrogens (tertiary/aromatic N) is 2. The normalized spacial score (nSPS) is 19.9. The second kappa shape index (κ2) is 11.0. The van der Waals surface area contributed by atoms with E-state index in [1.54, 1.807) is 18.2 Å². The van der Waals surface area contributed by atoms with Gasteiger partial charge in [-0.15, -0.1) is 0 Å². The quantitative estimate of drug-likeness (QED) is 0.607. The first-order valence-electron chi connectivity index (χ1n) is 11.7. The molecule has 2 aliphatic rings. The van der Waals surface area contributed by atoms with Crippen molar-refractivity contribution in [1.29, 1.82) is 0 Å². The molecule has 2 aliphatic heterocycles. The van der Waals surface area contributed by atoms with E-state index in [2.05, 4.69) is 4.90 Å². The first-order chi connectivity index (χ1) is 15.6. The van der Waals surface area contributed by atoms with Gasteiger partial charge in [0.2, 0.25) is 5.91 Å². The Morgan fingerprint density at radius 2 is 1.84 bits per heavy atom. The van der Waals surface area contributed by atoms with Crippen LogP contribution in [-0.4, -0.2) is 54.6 Å². The fourth-order valence-corrected chi connectivity index (χ4v) is 4.75. The van der Waals surface area contributed by atoms with E-state index in [-0.39, 0.29) is 30.1 Å². The third kappa shape index (κ3) is 6.36. The molecule has 4 rings (SSSR count). The Kier molecular flexibility index (Phi) is 7.87. The average molecular weight is 443 g/mol. The summed E-state index contributed by atoms with van der Waals surface area (Å²) in [5, 5.41) is 0. The topological polar surface area (TPSA) is 32.8 Å². The number of likely N-dealkylation sites (tertiary alicyclic amines) is 1. The number of hydrogen-bond donors (Lipinski definition) is 0. The first-order valence-corrected chi connectivity index (χ1v) is 11.7. The third-order valence-corrected chi connectivity index (χ3v) is 6.58. The van der Waals surface area contributed by atoms with Gasteiger partial charge in [0.1, 0.15) is 11.6 Å². The molecule has 2 fully saturated rings. The maximum Gasteiger partial charge on any atom is 0.227 e. The van der Waals surface area contributed by atoms with E-state index in [0.29, 0.717) is 31.1 Å². The molecule has 1 unspecified atom stereocenters. The van der Waals surface area contributed by atoms with Crippen molar-refractivity contribution in [3.63, 3.8) is 0 Å². The van der Waals surface area contributed by atoms with Crippen LogP contribution in [0.4, 0.5) is 8.78 Å². The maximum absolute atomic E-state index is 14.0. The first kappa shape index (κ1) is 22.9. The van der Waals surface area contributed by atoms with E-state index in [1.165, 1.54) is 18.2 Å². The average Bonchev–Trinajstić information content (AvgIpc) is 3.29. The van der Waals surface area contributed by atoms with E-state index in [9.17, 15) is 13.6 Å². The Hall–Kier alpha value is -2.31. The van der Waals surface area contributed by atoms with E-state index >= 15 is 0 Å². The summed E-state index contributed by atoms with van der Waals surface area (Å²) < 4.78 is 33.3. The van der Waals surface area contributed by atoms with Gasteiger partial charge in [0.25, 0.3) is 0 Å². The molecule has 172 valence electrons. The highest BCUT2D eigenvalue weighted by Crippen LogP contribution is 2.23. The number of hydrogen-bond acceptors (Lipinski definition) is 3. The number of ether oxygens (including phenoxy) is 1. The van der Waals surface area contributed by atoms with Crippen molar-refractivity contribution in [3.05, 3.63) is 71.3 Å². The number of amides is 1. The molecule has 2 aromatic rings. The predicted molar refractivity (Wildman–Crippen MR) is 120 cm³/mol. The zero-order valence-electron chi connectivity index (χ0n) is 18.5. The molecular weight excluding hydrogens is 410 g/mol. The van der Waals surface area contributed by atoms with Gasteiger partial charge in [-0.25, -0.2) is 8.78 Å². The molecule has 2 heterocycles. The SMILES string of the molecule is O=C(Cc1cccc(F)c1)N(CC1CCN(Cc2ccccc2F)CC1)CC1CCCO1. The molecule has 1 atom stereocenters. The van der Waals surface area contributed by atoms with Gasteiger partial charge in [-0.2, -0.15) is 0 Å². The summed E-state index contributed by atoms with van der Waals surface area (Å²) in [6, 6.07) is 13.2. The van der Waals surface area contributed by atoms with Crippen molar-refractivity contribution in [1.82, 2.24) is 9.80 Å². The van der Waals surface area contributed by atoms with E-state index in [0.717, 1.165) is 50.9 Å². The zero-order chi connectivity index (χ0) is 22.3. The second-order valence-corrected chi connectivity index (χ2v) is 9.05. The monoisotopic (exact) mass is 442 g/mol. The summed E-state index contributed by atoms with van der Waals surface area (Å²) in [5.74, 6) is -0.0341. The molecule has 0 spiro atoms. The minimum Gasteiger partial charge on any atom is -0.376 e. The lowest BCUT2D eigenvalue weighted by Crippen LogP contribution is -2.44. The number of piperidine rings is 1. The second-order valence-electron chi connectivity index (χ2n) is 9.05. The van der Waals surface area contributed by atoms with Crippen molar-refractivity contribution >= 4 is 5.91 Å². The Morgan fingerprint density at radius 1 is 1.03 bits per heavy atom. The van der Waals surface area contributed by atoms with E-state index < -0.39 is 0 Å². The van der Waals surface area contributed by atoms with Gasteiger partial charge >= 0.3 is 0 Å². The third-order valence-electron chi connectivity index (χ3n) is 6.58. The number of benzene rings is 2. The van der Waals surface area contributed by atoms with Gasteiger partial charge < -0.3 is 9.64 Å². The van der Waals surface area contributed by atoms with Crippen molar-refractivity contribution < 1.29 is 18.3 Å². The van der Waals surface area contributed by atoms with Crippen LogP contribution in [0.15, 0.2) is 48.5 Å². The van der Waals surface area contributed by atoms with Crippen LogP contribution in [0.25, 0.3) is 0 Å². The van der Waals surface area contributed by atoms with Crippen LogP contribution in [0.2, 0.25) is 0 Å². The van der Waals surface area contributed by atoms with Gasteiger partial charge in [-0.1, -0.05) is 30.3 Å². The van der Waals surface area contributed by atoms with Gasteiger partial charge in [-0.3, -0.25) is 9.69 Å². The fourth-order valence-electron chi connectivity index (χ4n) is 4.75. The van der Waals surface area contributed by atoms with Crippen LogP contribution in [0.3, 0.4) is 0 Å². The molecule has 2 saturated heterocycles. The van der Waals surface area contributed by atoms with Gasteiger partial charge in [0.05, 0.1) is 12.5 Å². The molecule has 2 aromatic carbocycles. The number of carbonyl (C=O) groups excluding carboxylic acids is 1. The summed E-state index contributed by atoms with van der Waals surface area (Å²) in [6.45, 7) is 4.46. The van der Waals surface area contributed by atoms with Crippen molar-refractivity contribution in [2.45, 2.75) is 44.8 Å². The standard InChI is InChI=1S/C26H32F2N2O2/c27-23-7-3-5-21(15-23)16-26(31)30(19-24-8-4-14-32-24)17-20-10-12-29(13-11-20)18-22-6-1-2-9-25(22)28/h1-3,5-7,9,15,20,24H,4,8,10-14,16-19H2. The smallest absolute Gasteiger partial charge is 0.227 e. The van der Waals surface area contributed by atoms with Crippen LogP contribution < -0.4 is 0 Å². The van der Waals surface area contributed by atoms with Crippen molar-refractivity contribution in [3.8, 4) is 0 Å². The molecule has 4 nitrogen and oxygen atoms in total. The van der Waals surface area contributed by atoms with Crippen molar-refractivity contribution in [2.24, 2.45) is 5.92 Å². The molecule has 1 amide bonds. The molecule has 0 bridgehead atoms. The van der Waals surface area contributed by atoms with Gasteiger partial charge in [0.15, 0.2) is 0 Å². The summed E-state index contributed by atoms with van der Waals surface area (Å²) in [6.07, 6.45) is 4.26. The Labute approximate surface area is 189 Å². The number of halogens is 2. The molecule has 0 N–H and O–H groups in total. The number of rotatable bonds is 8. The molecule has 6 heteroatoms. The lowest BCUT2D eigenvalue weighted by atomic mass is 9.95. The van der Waals surface area contributed by atoms with Crippen molar-refractivity contribution in [2.75, 3.05) is 32.8 Å². The molecule has 32 heavy (non-hydrogen) atoms. The molecule has 0 aliphatic carbocycles. The Bertz CT molecular complexity index is 893. The van der Waals surface area contributed by atoms with Gasteiger partial charge in [0, 0.05) is 31.8 Å². The lowest BCUT2D eigenvalue weighted by molar-refractivity contribution is -0.133. The molecule has 0 aromatic heterocycles. The fraction of sp³-hybridized carbons (Fsp3) is 0.500. The van der Waals surface area contributed by atoms with Crippen LogP contribution in [0.5, 0.6) is 0 Å². The minimum atomic E-state index is -0.316. The maximum atomic E-state index is 14.0.